The largest absolute Gasteiger partial charge is 0.0736 e. The summed E-state index contributed by atoms with van der Waals surface area (Å²) in [6, 6.07) is 23.5. The Labute approximate surface area is 266 Å². The summed E-state index contributed by atoms with van der Waals surface area (Å²) in [7, 11) is -6.17. The van der Waals surface area contributed by atoms with Gasteiger partial charge in [0.25, 0.3) is 0 Å². The highest BCUT2D eigenvalue weighted by atomic mass is 29.8. The number of hydrogen-bond acceptors (Lipinski definition) is 0. The van der Waals surface area contributed by atoms with E-state index in [1.54, 1.807) is 0 Å². The van der Waals surface area contributed by atoms with E-state index >= 15 is 0 Å². The SMILES string of the molecule is CC(C)(C)[Si]([Si]1C(c2ccccc2)=C(c2ccccc2)[Si]1[Si](C(C)(C)C)(C(C)(C)C)C(C)(C)C)(C(C)(C)C)C(C)(C)C. The van der Waals surface area contributed by atoms with Crippen molar-refractivity contribution in [3.8, 4) is 0 Å². The van der Waals surface area contributed by atoms with E-state index < -0.39 is 30.8 Å². The highest BCUT2D eigenvalue weighted by Crippen LogP contribution is 2.72. The van der Waals surface area contributed by atoms with E-state index in [-0.39, 0.29) is 30.2 Å². The fraction of sp³-hybridized carbons (Fsp3) is 0.632. The number of benzene rings is 2. The molecule has 1 aliphatic heterocycles. The summed E-state index contributed by atoms with van der Waals surface area (Å²) < 4.78 is 0. The van der Waals surface area contributed by atoms with E-state index in [0.29, 0.717) is 0 Å². The molecule has 0 fully saturated rings. The second-order valence-corrected chi connectivity index (χ2v) is 47.2. The smallest absolute Gasteiger partial charge is 0.0627 e. The predicted octanol–water partition coefficient (Wildman–Crippen LogP) is 12.6. The summed E-state index contributed by atoms with van der Waals surface area (Å²) >= 11 is 0. The average Bonchev–Trinajstić information content (AvgIpc) is 2.75. The van der Waals surface area contributed by atoms with Gasteiger partial charge in [0.1, 0.15) is 0 Å². The first-order valence-corrected chi connectivity index (χ1v) is 26.3. The van der Waals surface area contributed by atoms with E-state index in [1.165, 1.54) is 11.1 Å². The van der Waals surface area contributed by atoms with Crippen LogP contribution in [0.25, 0.3) is 10.4 Å². The lowest BCUT2D eigenvalue weighted by Gasteiger charge is -2.73. The lowest BCUT2D eigenvalue weighted by molar-refractivity contribution is 0.551. The standard InChI is InChI=1S/C38H64Si4/c1-33(2,3)41(34(4,5)6,35(7,8)9)39-31(29-25-21-19-22-26-29)32(30-27-23-20-24-28-30)40(39)42(36(10,11)12,37(13,14)15)38(16,17)18/h19-28H,1-18H3. The maximum Gasteiger partial charge on any atom is 0.0736 e. The normalized spacial score (nSPS) is 17.5. The molecule has 0 bridgehead atoms. The molecule has 0 saturated heterocycles. The molecule has 1 aliphatic rings. The summed E-state index contributed by atoms with van der Waals surface area (Å²) in [5, 5.41) is 5.25. The van der Waals surface area contributed by atoms with Crippen LogP contribution in [0.2, 0.25) is 30.2 Å². The second kappa shape index (κ2) is 10.8. The van der Waals surface area contributed by atoms with Crippen molar-refractivity contribution in [3.63, 3.8) is 0 Å². The molecule has 0 amide bonds. The van der Waals surface area contributed by atoms with Crippen LogP contribution in [0.3, 0.4) is 0 Å². The molecule has 0 unspecified atom stereocenters. The zero-order chi connectivity index (χ0) is 32.5. The minimum atomic E-state index is -2.12. The molecule has 2 aromatic carbocycles. The Hall–Kier alpha value is -0.952. The summed E-state index contributed by atoms with van der Waals surface area (Å²) in [6.45, 7) is 47.8. The maximum absolute atomic E-state index is 2.66. The van der Waals surface area contributed by atoms with E-state index in [1.807, 2.05) is 10.4 Å². The molecular formula is C38H64Si4. The van der Waals surface area contributed by atoms with Crippen LogP contribution in [0.4, 0.5) is 0 Å². The Balaban J connectivity index is 2.80. The molecule has 4 heteroatoms. The van der Waals surface area contributed by atoms with E-state index in [9.17, 15) is 0 Å². The van der Waals surface area contributed by atoms with Crippen LogP contribution in [0.5, 0.6) is 0 Å². The molecule has 0 aromatic heterocycles. The van der Waals surface area contributed by atoms with Gasteiger partial charge in [-0.05, 0) is 41.4 Å². The van der Waals surface area contributed by atoms with Crippen LogP contribution in [-0.2, 0) is 0 Å². The third-order valence-corrected chi connectivity index (χ3v) is 64.5. The Bertz CT molecular complexity index is 1090. The van der Waals surface area contributed by atoms with Crippen molar-refractivity contribution in [1.82, 2.24) is 0 Å². The van der Waals surface area contributed by atoms with Crippen LogP contribution >= 0.6 is 0 Å². The van der Waals surface area contributed by atoms with Crippen LogP contribution in [0.1, 0.15) is 136 Å². The van der Waals surface area contributed by atoms with Crippen LogP contribution in [-0.4, -0.2) is 30.8 Å². The monoisotopic (exact) mass is 632 g/mol. The van der Waals surface area contributed by atoms with Crippen LogP contribution in [0.15, 0.2) is 60.7 Å². The first-order valence-electron chi connectivity index (χ1n) is 16.3. The van der Waals surface area contributed by atoms with Gasteiger partial charge in [-0.15, -0.1) is 0 Å². The quantitative estimate of drug-likeness (QED) is 0.294. The zero-order valence-electron chi connectivity index (χ0n) is 30.8. The van der Waals surface area contributed by atoms with Crippen molar-refractivity contribution in [2.24, 2.45) is 0 Å². The van der Waals surface area contributed by atoms with E-state index in [0.717, 1.165) is 0 Å². The lowest BCUT2D eigenvalue weighted by Crippen LogP contribution is -2.85. The van der Waals surface area contributed by atoms with Gasteiger partial charge in [-0.3, -0.25) is 0 Å². The van der Waals surface area contributed by atoms with Gasteiger partial charge in [-0.2, -0.15) is 0 Å². The molecule has 2 radical (unpaired) electrons. The molecule has 0 N–H and O–H groups in total. The van der Waals surface area contributed by atoms with Gasteiger partial charge in [0, 0.05) is 0 Å². The van der Waals surface area contributed by atoms with Crippen LogP contribution in [0, 0.1) is 0 Å². The molecule has 1 heterocycles. The summed E-state index contributed by atoms with van der Waals surface area (Å²) in [4.78, 5) is 0. The van der Waals surface area contributed by atoms with Gasteiger partial charge in [-0.1, -0.05) is 196 Å². The lowest BCUT2D eigenvalue weighted by atomic mass is 10.1. The topological polar surface area (TPSA) is 0 Å². The van der Waals surface area contributed by atoms with Gasteiger partial charge in [0.05, 0.1) is 30.8 Å². The summed E-state index contributed by atoms with van der Waals surface area (Å²) in [6.07, 6.45) is 0. The van der Waals surface area contributed by atoms with Crippen molar-refractivity contribution >= 4 is 41.2 Å². The summed E-state index contributed by atoms with van der Waals surface area (Å²) in [5.41, 5.74) is 3.04. The first-order chi connectivity index (χ1) is 18.7. The molecule has 0 aliphatic carbocycles. The molecule has 0 saturated carbocycles. The van der Waals surface area contributed by atoms with Gasteiger partial charge < -0.3 is 0 Å². The van der Waals surface area contributed by atoms with E-state index in [2.05, 4.69) is 185 Å². The van der Waals surface area contributed by atoms with E-state index in [4.69, 9.17) is 0 Å². The van der Waals surface area contributed by atoms with Gasteiger partial charge in [-0.25, -0.2) is 0 Å². The Morgan fingerprint density at radius 1 is 0.333 bits per heavy atom. The summed E-state index contributed by atoms with van der Waals surface area (Å²) in [5.74, 6) is 0. The van der Waals surface area contributed by atoms with Gasteiger partial charge in [0.15, 0.2) is 0 Å². The minimum Gasteiger partial charge on any atom is -0.0627 e. The third-order valence-electron chi connectivity index (χ3n) is 10.6. The zero-order valence-corrected chi connectivity index (χ0v) is 34.8. The molecule has 0 nitrogen and oxygen atoms in total. The minimum absolute atomic E-state index is 0.268. The maximum atomic E-state index is 2.66. The fourth-order valence-corrected chi connectivity index (χ4v) is 96.4. The molecule has 0 spiro atoms. The van der Waals surface area contributed by atoms with Crippen molar-refractivity contribution in [3.05, 3.63) is 71.8 Å². The highest BCUT2D eigenvalue weighted by Gasteiger charge is 2.77. The fourth-order valence-electron chi connectivity index (χ4n) is 12.0. The van der Waals surface area contributed by atoms with Crippen molar-refractivity contribution < 1.29 is 0 Å². The molecule has 42 heavy (non-hydrogen) atoms. The molecule has 3 rings (SSSR count). The van der Waals surface area contributed by atoms with Crippen molar-refractivity contribution in [1.29, 1.82) is 0 Å². The highest BCUT2D eigenvalue weighted by molar-refractivity contribution is 7.85. The van der Waals surface area contributed by atoms with Gasteiger partial charge >= 0.3 is 0 Å². The Morgan fingerprint density at radius 3 is 0.690 bits per heavy atom. The Morgan fingerprint density at radius 2 is 0.524 bits per heavy atom. The third kappa shape index (κ3) is 5.12. The first kappa shape index (κ1) is 35.5. The number of hydrogen-bond donors (Lipinski definition) is 0. The predicted molar refractivity (Wildman–Crippen MR) is 201 cm³/mol. The average molecular weight is 633 g/mol. The van der Waals surface area contributed by atoms with Gasteiger partial charge in [0.2, 0.25) is 0 Å². The molecule has 0 atom stereocenters. The van der Waals surface area contributed by atoms with Crippen LogP contribution < -0.4 is 0 Å². The number of rotatable bonds is 4. The molecular weight excluding hydrogens is 569 g/mol. The van der Waals surface area contributed by atoms with Crippen molar-refractivity contribution in [2.45, 2.75) is 155 Å². The van der Waals surface area contributed by atoms with Crippen molar-refractivity contribution in [2.75, 3.05) is 0 Å². The second-order valence-electron chi connectivity index (χ2n) is 19.2. The molecule has 2 aromatic rings. The molecule has 232 valence electrons. The Kier molecular flexibility index (Phi) is 9.17.